The lowest BCUT2D eigenvalue weighted by Gasteiger charge is -2.28. The number of nitrogens with one attached hydrogen (secondary N) is 1. The first kappa shape index (κ1) is 15.4. The Morgan fingerprint density at radius 2 is 2.00 bits per heavy atom. The zero-order valence-corrected chi connectivity index (χ0v) is 12.7. The summed E-state index contributed by atoms with van der Waals surface area (Å²) in [5, 5.41) is 3.21. The largest absolute Gasteiger partial charge is 0.340 e. The molecular formula is C12H24N2O3S. The quantitative estimate of drug-likeness (QED) is 0.790. The fraction of sp³-hybridized carbons (Fsp3) is 0.917. The average Bonchev–Trinajstić information content (AvgIpc) is 2.47. The number of rotatable bonds is 5. The summed E-state index contributed by atoms with van der Waals surface area (Å²) in [6.07, 6.45) is 1.97. The molecule has 1 fully saturated rings. The number of likely N-dealkylation sites (tertiary alicyclic amines) is 1. The van der Waals surface area contributed by atoms with Gasteiger partial charge in [-0.2, -0.15) is 0 Å². The van der Waals surface area contributed by atoms with Gasteiger partial charge in [0, 0.05) is 25.4 Å². The lowest BCUT2D eigenvalue weighted by Crippen LogP contribution is -2.47. The van der Waals surface area contributed by atoms with E-state index in [4.69, 9.17) is 0 Å². The number of carbonyl (C=O) groups excluding carboxylic acids is 1. The molecule has 1 N–H and O–H groups in total. The molecule has 1 heterocycles. The van der Waals surface area contributed by atoms with Gasteiger partial charge in [-0.15, -0.1) is 0 Å². The van der Waals surface area contributed by atoms with Crippen LogP contribution in [-0.4, -0.2) is 55.4 Å². The SMILES string of the molecule is CC(C)NC1CCN(CC(C)(C)S(C)(=O)=O)C1=O. The first-order valence-corrected chi connectivity index (χ1v) is 8.18. The van der Waals surface area contributed by atoms with Crippen molar-refractivity contribution < 1.29 is 13.2 Å². The van der Waals surface area contributed by atoms with Gasteiger partial charge in [0.1, 0.15) is 0 Å². The summed E-state index contributed by atoms with van der Waals surface area (Å²) in [6.45, 7) is 8.22. The average molecular weight is 276 g/mol. The molecule has 5 nitrogen and oxygen atoms in total. The minimum absolute atomic E-state index is 0.0143. The van der Waals surface area contributed by atoms with Gasteiger partial charge in [-0.1, -0.05) is 13.8 Å². The van der Waals surface area contributed by atoms with Gasteiger partial charge in [-0.25, -0.2) is 8.42 Å². The minimum Gasteiger partial charge on any atom is -0.340 e. The molecule has 0 bridgehead atoms. The van der Waals surface area contributed by atoms with Gasteiger partial charge in [-0.3, -0.25) is 4.79 Å². The minimum atomic E-state index is -3.17. The molecule has 1 saturated heterocycles. The first-order valence-electron chi connectivity index (χ1n) is 6.29. The van der Waals surface area contributed by atoms with E-state index in [-0.39, 0.29) is 24.5 Å². The summed E-state index contributed by atoms with van der Waals surface area (Å²) in [4.78, 5) is 13.8. The Labute approximate surface area is 110 Å². The molecule has 0 aromatic carbocycles. The summed E-state index contributed by atoms with van der Waals surface area (Å²) < 4.78 is 22.4. The van der Waals surface area contributed by atoms with Crippen LogP contribution in [0.2, 0.25) is 0 Å². The molecule has 1 aliphatic heterocycles. The van der Waals surface area contributed by atoms with E-state index in [1.807, 2.05) is 13.8 Å². The molecule has 0 radical (unpaired) electrons. The molecule has 0 spiro atoms. The highest BCUT2D eigenvalue weighted by Gasteiger charge is 2.38. The lowest BCUT2D eigenvalue weighted by atomic mass is 10.2. The summed E-state index contributed by atoms with van der Waals surface area (Å²) in [7, 11) is -3.17. The van der Waals surface area contributed by atoms with Crippen LogP contribution in [0.25, 0.3) is 0 Å². The topological polar surface area (TPSA) is 66.5 Å². The lowest BCUT2D eigenvalue weighted by molar-refractivity contribution is -0.129. The van der Waals surface area contributed by atoms with Gasteiger partial charge in [0.2, 0.25) is 5.91 Å². The number of hydrogen-bond acceptors (Lipinski definition) is 4. The molecule has 1 aliphatic rings. The Balaban J connectivity index is 2.69. The van der Waals surface area contributed by atoms with Crippen LogP contribution in [0.5, 0.6) is 0 Å². The zero-order chi connectivity index (χ0) is 14.1. The zero-order valence-electron chi connectivity index (χ0n) is 11.9. The number of amides is 1. The second-order valence-corrected chi connectivity index (χ2v) is 8.60. The van der Waals surface area contributed by atoms with E-state index in [0.717, 1.165) is 6.42 Å². The van der Waals surface area contributed by atoms with E-state index in [1.165, 1.54) is 6.26 Å². The van der Waals surface area contributed by atoms with Crippen LogP contribution < -0.4 is 5.32 Å². The van der Waals surface area contributed by atoms with Crippen molar-refractivity contribution in [3.05, 3.63) is 0 Å². The smallest absolute Gasteiger partial charge is 0.239 e. The van der Waals surface area contributed by atoms with Crippen molar-refractivity contribution in [3.63, 3.8) is 0 Å². The molecule has 106 valence electrons. The van der Waals surface area contributed by atoms with Gasteiger partial charge in [0.25, 0.3) is 0 Å². The summed E-state index contributed by atoms with van der Waals surface area (Å²) in [5.74, 6) is 0.0143. The molecule has 1 rings (SSSR count). The fourth-order valence-electron chi connectivity index (χ4n) is 2.03. The van der Waals surface area contributed by atoms with E-state index in [9.17, 15) is 13.2 Å². The summed E-state index contributed by atoms with van der Waals surface area (Å²) >= 11 is 0. The van der Waals surface area contributed by atoms with E-state index in [0.29, 0.717) is 6.54 Å². The molecule has 1 unspecified atom stereocenters. The summed E-state index contributed by atoms with van der Waals surface area (Å²) in [6, 6.07) is 0.0854. The van der Waals surface area contributed by atoms with Crippen LogP contribution in [0.1, 0.15) is 34.1 Å². The molecule has 1 atom stereocenters. The maximum Gasteiger partial charge on any atom is 0.239 e. The molecule has 6 heteroatoms. The van der Waals surface area contributed by atoms with Gasteiger partial charge in [0.05, 0.1) is 10.8 Å². The van der Waals surface area contributed by atoms with E-state index in [1.54, 1.807) is 18.7 Å². The van der Waals surface area contributed by atoms with Crippen molar-refractivity contribution in [2.45, 2.75) is 50.9 Å². The van der Waals surface area contributed by atoms with E-state index in [2.05, 4.69) is 5.32 Å². The predicted molar refractivity (Wildman–Crippen MR) is 72.2 cm³/mol. The highest BCUT2D eigenvalue weighted by molar-refractivity contribution is 7.92. The Bertz CT molecular complexity index is 415. The van der Waals surface area contributed by atoms with Crippen LogP contribution in [-0.2, 0) is 14.6 Å². The standard InChI is InChI=1S/C12H24N2O3S/c1-9(2)13-10-6-7-14(11(10)15)8-12(3,4)18(5,16)17/h9-10,13H,6-8H2,1-5H3. The molecule has 18 heavy (non-hydrogen) atoms. The number of sulfone groups is 1. The van der Waals surface area contributed by atoms with Crippen molar-refractivity contribution >= 4 is 15.7 Å². The van der Waals surface area contributed by atoms with Crippen LogP contribution in [0.3, 0.4) is 0 Å². The number of hydrogen-bond donors (Lipinski definition) is 1. The maximum atomic E-state index is 12.1. The predicted octanol–water partition coefficient (Wildman–Crippen LogP) is 0.409. The van der Waals surface area contributed by atoms with Crippen LogP contribution in [0.4, 0.5) is 0 Å². The van der Waals surface area contributed by atoms with Crippen LogP contribution in [0.15, 0.2) is 0 Å². The van der Waals surface area contributed by atoms with Crippen molar-refractivity contribution in [1.29, 1.82) is 0 Å². The fourth-order valence-corrected chi connectivity index (χ4v) is 2.42. The third kappa shape index (κ3) is 3.45. The van der Waals surface area contributed by atoms with Gasteiger partial charge in [-0.05, 0) is 20.3 Å². The van der Waals surface area contributed by atoms with E-state index < -0.39 is 14.6 Å². The first-order chi connectivity index (χ1) is 8.04. The number of carbonyl (C=O) groups is 1. The molecule has 0 aliphatic carbocycles. The Kier molecular flexibility index (Phi) is 4.43. The highest BCUT2D eigenvalue weighted by Crippen LogP contribution is 2.21. The van der Waals surface area contributed by atoms with Crippen molar-refractivity contribution in [1.82, 2.24) is 10.2 Å². The van der Waals surface area contributed by atoms with E-state index >= 15 is 0 Å². The third-order valence-electron chi connectivity index (χ3n) is 3.41. The maximum absolute atomic E-state index is 12.1. The van der Waals surface area contributed by atoms with Crippen LogP contribution in [0, 0.1) is 0 Å². The normalized spacial score (nSPS) is 22.0. The Hall–Kier alpha value is -0.620. The van der Waals surface area contributed by atoms with Crippen LogP contribution >= 0.6 is 0 Å². The molecule has 0 saturated carbocycles. The highest BCUT2D eigenvalue weighted by atomic mass is 32.2. The Morgan fingerprint density at radius 3 is 2.44 bits per heavy atom. The second-order valence-electron chi connectivity index (χ2n) is 5.95. The molecular weight excluding hydrogens is 252 g/mol. The van der Waals surface area contributed by atoms with Crippen molar-refractivity contribution in [2.75, 3.05) is 19.3 Å². The monoisotopic (exact) mass is 276 g/mol. The van der Waals surface area contributed by atoms with Crippen molar-refractivity contribution in [3.8, 4) is 0 Å². The second kappa shape index (κ2) is 5.17. The molecule has 0 aromatic heterocycles. The molecule has 1 amide bonds. The van der Waals surface area contributed by atoms with Crippen molar-refractivity contribution in [2.24, 2.45) is 0 Å². The summed E-state index contributed by atoms with van der Waals surface area (Å²) in [5.41, 5.74) is 0. The Morgan fingerprint density at radius 1 is 1.44 bits per heavy atom. The third-order valence-corrected chi connectivity index (χ3v) is 5.54. The van der Waals surface area contributed by atoms with Gasteiger partial charge >= 0.3 is 0 Å². The number of nitrogens with zero attached hydrogens (tertiary/aromatic N) is 1. The molecule has 0 aromatic rings. The van der Waals surface area contributed by atoms with Gasteiger partial charge < -0.3 is 10.2 Å². The van der Waals surface area contributed by atoms with Gasteiger partial charge in [0.15, 0.2) is 9.84 Å².